The first-order valence-electron chi connectivity index (χ1n) is 8.02. The van der Waals surface area contributed by atoms with Crippen molar-refractivity contribution < 1.29 is 14.0 Å². The van der Waals surface area contributed by atoms with Gasteiger partial charge in [-0.25, -0.2) is 14.3 Å². The first-order valence-corrected chi connectivity index (χ1v) is 8.02. The second-order valence-electron chi connectivity index (χ2n) is 6.32. The summed E-state index contributed by atoms with van der Waals surface area (Å²) in [6, 6.07) is 9.01. The number of carbonyl (C=O) groups excluding carboxylic acids is 2. The Morgan fingerprint density at radius 1 is 1.12 bits per heavy atom. The monoisotopic (exact) mass is 337 g/mol. The second-order valence-corrected chi connectivity index (χ2v) is 6.32. The minimum atomic E-state index is -0.709. The average Bonchev–Trinajstić information content (AvgIpc) is 3.09. The number of hydrogen-bond donors (Lipinski definition) is 0. The number of para-hydroxylation sites is 1. The maximum atomic E-state index is 14.0. The second kappa shape index (κ2) is 5.51. The zero-order valence-electron chi connectivity index (χ0n) is 13.9. The van der Waals surface area contributed by atoms with E-state index in [1.54, 1.807) is 17.0 Å². The zero-order valence-corrected chi connectivity index (χ0v) is 13.9. The quantitative estimate of drug-likeness (QED) is 0.674. The molecule has 0 radical (unpaired) electrons. The summed E-state index contributed by atoms with van der Waals surface area (Å²) in [6.07, 6.45) is 1.57. The van der Waals surface area contributed by atoms with Crippen LogP contribution in [0.15, 0.2) is 42.7 Å². The van der Waals surface area contributed by atoms with Gasteiger partial charge in [0, 0.05) is 0 Å². The molecule has 3 aromatic rings. The highest BCUT2D eigenvalue weighted by Crippen LogP contribution is 2.33. The molecule has 1 aliphatic rings. The summed E-state index contributed by atoms with van der Waals surface area (Å²) < 4.78 is 15.8. The molecule has 0 saturated carbocycles. The molecule has 4 rings (SSSR count). The van der Waals surface area contributed by atoms with E-state index >= 15 is 0 Å². The van der Waals surface area contributed by atoms with Gasteiger partial charge in [0.1, 0.15) is 11.9 Å². The molecule has 0 N–H and O–H groups in total. The normalized spacial score (nSPS) is 17.7. The number of aryl methyl sites for hydroxylation is 2. The number of aromatic nitrogens is 2. The maximum absolute atomic E-state index is 14.0. The molecule has 126 valence electrons. The van der Waals surface area contributed by atoms with Crippen LogP contribution >= 0.6 is 0 Å². The Balaban J connectivity index is 1.78. The van der Waals surface area contributed by atoms with Crippen molar-refractivity contribution in [2.75, 3.05) is 4.90 Å². The van der Waals surface area contributed by atoms with Crippen molar-refractivity contribution in [1.29, 1.82) is 0 Å². The molecular weight excluding hydrogens is 321 g/mol. The Hall–Kier alpha value is -3.02. The molecule has 1 atom stereocenters. The maximum Gasteiger partial charge on any atom is 0.257 e. The van der Waals surface area contributed by atoms with Gasteiger partial charge < -0.3 is 4.57 Å². The lowest BCUT2D eigenvalue weighted by atomic mass is 10.1. The van der Waals surface area contributed by atoms with Crippen LogP contribution in [0.2, 0.25) is 0 Å². The number of benzene rings is 2. The van der Waals surface area contributed by atoms with E-state index < -0.39 is 23.7 Å². The number of carbonyl (C=O) groups is 2. The Bertz CT molecular complexity index is 1020. The fourth-order valence-corrected chi connectivity index (χ4v) is 3.25. The average molecular weight is 337 g/mol. The molecule has 2 heterocycles. The standard InChI is InChI=1S/C19H16FN3O2/c1-11-7-14-16(8-12(11)2)22(10-21-14)17-9-18(24)23(19(17)25)15-6-4-3-5-13(15)20/h3-8,10,17H,9H2,1-2H3. The number of hydrogen-bond acceptors (Lipinski definition) is 3. The van der Waals surface area contributed by atoms with Crippen molar-refractivity contribution in [2.24, 2.45) is 0 Å². The smallest absolute Gasteiger partial charge is 0.257 e. The molecule has 6 heteroatoms. The highest BCUT2D eigenvalue weighted by molar-refractivity contribution is 6.22. The number of rotatable bonds is 2. The molecule has 0 spiro atoms. The molecule has 1 fully saturated rings. The van der Waals surface area contributed by atoms with Crippen molar-refractivity contribution in [3.8, 4) is 0 Å². The van der Waals surface area contributed by atoms with Gasteiger partial charge in [-0.1, -0.05) is 12.1 Å². The van der Waals surface area contributed by atoms with E-state index in [0.29, 0.717) is 0 Å². The van der Waals surface area contributed by atoms with Crippen molar-refractivity contribution in [3.63, 3.8) is 0 Å². The predicted molar refractivity (Wildman–Crippen MR) is 91.8 cm³/mol. The number of imidazole rings is 1. The van der Waals surface area contributed by atoms with E-state index in [1.165, 1.54) is 18.2 Å². The highest BCUT2D eigenvalue weighted by Gasteiger charge is 2.42. The van der Waals surface area contributed by atoms with Crippen LogP contribution in [0.1, 0.15) is 23.6 Å². The van der Waals surface area contributed by atoms with Gasteiger partial charge >= 0.3 is 0 Å². The van der Waals surface area contributed by atoms with Crippen molar-refractivity contribution in [1.82, 2.24) is 9.55 Å². The molecule has 1 unspecified atom stereocenters. The van der Waals surface area contributed by atoms with Gasteiger partial charge in [0.2, 0.25) is 5.91 Å². The van der Waals surface area contributed by atoms with Gasteiger partial charge in [-0.2, -0.15) is 0 Å². The lowest BCUT2D eigenvalue weighted by molar-refractivity contribution is -0.122. The molecule has 1 aliphatic heterocycles. The van der Waals surface area contributed by atoms with E-state index in [4.69, 9.17) is 0 Å². The first-order chi connectivity index (χ1) is 12.0. The van der Waals surface area contributed by atoms with Gasteiger partial charge in [-0.15, -0.1) is 0 Å². The predicted octanol–water partition coefficient (Wildman–Crippen LogP) is 3.30. The van der Waals surface area contributed by atoms with E-state index in [0.717, 1.165) is 27.1 Å². The summed E-state index contributed by atoms with van der Waals surface area (Å²) in [5, 5.41) is 0. The number of anilines is 1. The van der Waals surface area contributed by atoms with Crippen molar-refractivity contribution in [2.45, 2.75) is 26.3 Å². The molecule has 0 aliphatic carbocycles. The molecule has 2 aromatic carbocycles. The Morgan fingerprint density at radius 3 is 2.60 bits per heavy atom. The van der Waals surface area contributed by atoms with Gasteiger partial charge in [0.25, 0.3) is 5.91 Å². The van der Waals surface area contributed by atoms with E-state index in [1.807, 2.05) is 26.0 Å². The SMILES string of the molecule is Cc1cc2ncn(C3CC(=O)N(c4ccccc4F)C3=O)c2cc1C. The van der Waals surface area contributed by atoms with Gasteiger partial charge in [-0.3, -0.25) is 9.59 Å². The third-order valence-corrected chi connectivity index (χ3v) is 4.74. The Morgan fingerprint density at radius 2 is 1.84 bits per heavy atom. The highest BCUT2D eigenvalue weighted by atomic mass is 19.1. The summed E-state index contributed by atoms with van der Waals surface area (Å²) in [7, 11) is 0. The van der Waals surface area contributed by atoms with E-state index in [9.17, 15) is 14.0 Å². The van der Waals surface area contributed by atoms with E-state index in [2.05, 4.69) is 4.98 Å². The molecular formula is C19H16FN3O2. The molecule has 2 amide bonds. The molecule has 25 heavy (non-hydrogen) atoms. The summed E-state index contributed by atoms with van der Waals surface area (Å²) >= 11 is 0. The van der Waals surface area contributed by atoms with E-state index in [-0.39, 0.29) is 12.1 Å². The first kappa shape index (κ1) is 15.5. The minimum absolute atomic E-state index is 0.00329. The number of nitrogens with zero attached hydrogens (tertiary/aromatic N) is 3. The topological polar surface area (TPSA) is 55.2 Å². The van der Waals surface area contributed by atoms with Crippen molar-refractivity contribution in [3.05, 3.63) is 59.7 Å². The fourth-order valence-electron chi connectivity index (χ4n) is 3.25. The number of halogens is 1. The summed E-state index contributed by atoms with van der Waals surface area (Å²) in [5.74, 6) is -1.44. The van der Waals surface area contributed by atoms with Crippen LogP contribution in [0.3, 0.4) is 0 Å². The van der Waals surface area contributed by atoms with Crippen molar-refractivity contribution >= 4 is 28.5 Å². The fraction of sp³-hybridized carbons (Fsp3) is 0.211. The lowest BCUT2D eigenvalue weighted by Gasteiger charge is -2.16. The van der Waals surface area contributed by atoms with Gasteiger partial charge in [-0.05, 0) is 49.2 Å². The van der Waals surface area contributed by atoms with Gasteiger partial charge in [0.05, 0.1) is 29.5 Å². The van der Waals surface area contributed by atoms with Crippen LogP contribution in [-0.2, 0) is 9.59 Å². The summed E-state index contributed by atoms with van der Waals surface area (Å²) in [4.78, 5) is 30.5. The molecule has 5 nitrogen and oxygen atoms in total. The van der Waals surface area contributed by atoms with Crippen LogP contribution in [0.5, 0.6) is 0 Å². The minimum Gasteiger partial charge on any atom is -0.317 e. The Kier molecular flexibility index (Phi) is 3.42. The van der Waals surface area contributed by atoms with Crippen LogP contribution < -0.4 is 4.90 Å². The Labute approximate surface area is 143 Å². The molecule has 1 aromatic heterocycles. The number of fused-ring (bicyclic) bond motifs is 1. The van der Waals surface area contributed by atoms with Crippen LogP contribution in [0.25, 0.3) is 11.0 Å². The largest absolute Gasteiger partial charge is 0.317 e. The molecule has 1 saturated heterocycles. The summed E-state index contributed by atoms with van der Waals surface area (Å²) in [5.41, 5.74) is 3.75. The van der Waals surface area contributed by atoms with Crippen LogP contribution in [0, 0.1) is 19.7 Å². The van der Waals surface area contributed by atoms with Gasteiger partial charge in [0.15, 0.2) is 0 Å². The lowest BCUT2D eigenvalue weighted by Crippen LogP contribution is -2.31. The molecule has 0 bridgehead atoms. The summed E-state index contributed by atoms with van der Waals surface area (Å²) in [6.45, 7) is 3.98. The number of imide groups is 1. The van der Waals surface area contributed by atoms with Crippen LogP contribution in [0.4, 0.5) is 10.1 Å². The zero-order chi connectivity index (χ0) is 17.7. The third kappa shape index (κ3) is 2.33. The third-order valence-electron chi connectivity index (χ3n) is 4.74. The number of amides is 2. The van der Waals surface area contributed by atoms with Crippen LogP contribution in [-0.4, -0.2) is 21.4 Å².